The number of pyridine rings is 1. The zero-order valence-corrected chi connectivity index (χ0v) is 11.2. The van der Waals surface area contributed by atoms with Crippen LogP contribution in [0, 0.1) is 0 Å². The quantitative estimate of drug-likeness (QED) is 0.688. The lowest BCUT2D eigenvalue weighted by Crippen LogP contribution is -2.17. The standard InChI is InChI=1S/C15H13N3O3/c19-15(18-7-6-13-14(10-18)17-11-16-13)21-9-8-20-12-4-2-1-3-5-12/h1-7,10-11H,8-9H2. The van der Waals surface area contributed by atoms with Crippen molar-refractivity contribution in [2.75, 3.05) is 13.2 Å². The first-order valence-electron chi connectivity index (χ1n) is 6.46. The number of hydrogen-bond acceptors (Lipinski definition) is 5. The van der Waals surface area contributed by atoms with Crippen molar-refractivity contribution in [3.63, 3.8) is 0 Å². The fourth-order valence-electron chi connectivity index (χ4n) is 1.83. The van der Waals surface area contributed by atoms with Gasteiger partial charge in [0.25, 0.3) is 0 Å². The van der Waals surface area contributed by atoms with Crippen LogP contribution in [0.15, 0.2) is 55.1 Å². The highest BCUT2D eigenvalue weighted by Crippen LogP contribution is 2.15. The van der Waals surface area contributed by atoms with Gasteiger partial charge >= 0.3 is 6.09 Å². The molecule has 2 aliphatic heterocycles. The lowest BCUT2D eigenvalue weighted by Gasteiger charge is -2.09. The van der Waals surface area contributed by atoms with Crippen LogP contribution < -0.4 is 4.74 Å². The van der Waals surface area contributed by atoms with E-state index < -0.39 is 6.09 Å². The molecule has 0 saturated carbocycles. The minimum Gasteiger partial charge on any atom is -0.490 e. The number of aromatic nitrogens is 3. The molecular weight excluding hydrogens is 270 g/mol. The van der Waals surface area contributed by atoms with Crippen molar-refractivity contribution in [2.24, 2.45) is 0 Å². The lowest BCUT2D eigenvalue weighted by molar-refractivity contribution is 0.126. The second-order valence-corrected chi connectivity index (χ2v) is 4.27. The summed E-state index contributed by atoms with van der Waals surface area (Å²) in [6.45, 7) is 0.472. The van der Waals surface area contributed by atoms with Gasteiger partial charge in [0.15, 0.2) is 0 Å². The van der Waals surface area contributed by atoms with Gasteiger partial charge in [-0.15, -0.1) is 0 Å². The molecule has 0 aliphatic carbocycles. The van der Waals surface area contributed by atoms with E-state index in [2.05, 4.69) is 9.97 Å². The van der Waals surface area contributed by atoms with Crippen LogP contribution in [0.3, 0.4) is 0 Å². The molecule has 0 bridgehead atoms. The van der Waals surface area contributed by atoms with E-state index in [0.717, 1.165) is 11.4 Å². The summed E-state index contributed by atoms with van der Waals surface area (Å²) in [4.78, 5) is 19.9. The molecule has 6 heteroatoms. The number of para-hydroxylation sites is 1. The Kier molecular flexibility index (Phi) is 3.77. The number of carbonyl (C=O) groups excluding carboxylic acids is 1. The summed E-state index contributed by atoms with van der Waals surface area (Å²) in [6, 6.07) is 11.1. The maximum absolute atomic E-state index is 11.9. The lowest BCUT2D eigenvalue weighted by atomic mass is 10.3. The number of imidazole rings is 1. The Hall–Kier alpha value is -2.89. The number of carbonyl (C=O) groups is 1. The van der Waals surface area contributed by atoms with Crippen LogP contribution in [-0.4, -0.2) is 33.8 Å². The number of ether oxygens (including phenoxy) is 2. The molecule has 0 atom stereocenters. The molecule has 0 unspecified atom stereocenters. The van der Waals surface area contributed by atoms with Crippen LogP contribution in [0.1, 0.15) is 0 Å². The Labute approximate surface area is 121 Å². The molecule has 106 valence electrons. The van der Waals surface area contributed by atoms with Crippen molar-refractivity contribution >= 4 is 6.09 Å². The van der Waals surface area contributed by atoms with Crippen molar-refractivity contribution < 1.29 is 14.3 Å². The van der Waals surface area contributed by atoms with E-state index >= 15 is 0 Å². The van der Waals surface area contributed by atoms with Crippen molar-refractivity contribution in [1.82, 2.24) is 14.5 Å². The first-order chi connectivity index (χ1) is 10.3. The van der Waals surface area contributed by atoms with Gasteiger partial charge in [0, 0.05) is 12.4 Å². The van der Waals surface area contributed by atoms with Gasteiger partial charge in [0.2, 0.25) is 0 Å². The van der Waals surface area contributed by atoms with Crippen molar-refractivity contribution in [3.05, 3.63) is 55.1 Å². The van der Waals surface area contributed by atoms with Crippen LogP contribution in [0.2, 0.25) is 0 Å². The van der Waals surface area contributed by atoms with Crippen molar-refractivity contribution in [1.29, 1.82) is 0 Å². The Morgan fingerprint density at radius 2 is 1.86 bits per heavy atom. The number of rotatable bonds is 4. The third kappa shape index (κ3) is 3.17. The summed E-state index contributed by atoms with van der Waals surface area (Å²) in [5.41, 5.74) is 1.39. The topological polar surface area (TPSA) is 66.2 Å². The van der Waals surface area contributed by atoms with Gasteiger partial charge in [-0.3, -0.25) is 4.57 Å². The molecular formula is C15H13N3O3. The molecule has 0 N–H and O–H groups in total. The molecule has 0 amide bonds. The molecule has 0 saturated heterocycles. The zero-order valence-electron chi connectivity index (χ0n) is 11.2. The summed E-state index contributed by atoms with van der Waals surface area (Å²) < 4.78 is 11.9. The van der Waals surface area contributed by atoms with Gasteiger partial charge in [0.05, 0.1) is 5.69 Å². The summed E-state index contributed by atoms with van der Waals surface area (Å²) in [5.74, 6) is 0.745. The van der Waals surface area contributed by atoms with E-state index in [4.69, 9.17) is 9.47 Å². The molecule has 2 heterocycles. The number of fused-ring (bicyclic) bond motifs is 1. The number of nitrogens with zero attached hydrogens (tertiary/aromatic N) is 3. The molecule has 0 fully saturated rings. The fraction of sp³-hybridized carbons (Fsp3) is 0.133. The summed E-state index contributed by atoms with van der Waals surface area (Å²) in [6.07, 6.45) is 4.16. The third-order valence-electron chi connectivity index (χ3n) is 2.84. The predicted octanol–water partition coefficient (Wildman–Crippen LogP) is 2.45. The highest BCUT2D eigenvalue weighted by Gasteiger charge is 2.10. The number of hydrogen-bond donors (Lipinski definition) is 0. The van der Waals surface area contributed by atoms with Gasteiger partial charge in [-0.1, -0.05) is 18.2 Å². The second-order valence-electron chi connectivity index (χ2n) is 4.27. The van der Waals surface area contributed by atoms with Gasteiger partial charge in [-0.2, -0.15) is 0 Å². The highest BCUT2D eigenvalue weighted by atomic mass is 16.6. The highest BCUT2D eigenvalue weighted by molar-refractivity contribution is 5.72. The first kappa shape index (κ1) is 13.1. The van der Waals surface area contributed by atoms with Gasteiger partial charge in [-0.25, -0.2) is 14.8 Å². The Morgan fingerprint density at radius 3 is 2.71 bits per heavy atom. The molecule has 3 rings (SSSR count). The van der Waals surface area contributed by atoms with Crippen molar-refractivity contribution in [2.45, 2.75) is 0 Å². The Bertz CT molecular complexity index is 696. The Morgan fingerprint density at radius 1 is 1.05 bits per heavy atom. The minimum atomic E-state index is -0.475. The number of benzene rings is 1. The SMILES string of the molecule is O=C(OCCOc1ccccc1)n1ccc2ncnc-2c1. The first-order valence-corrected chi connectivity index (χ1v) is 6.46. The van der Waals surface area contributed by atoms with E-state index in [9.17, 15) is 4.79 Å². The van der Waals surface area contributed by atoms with E-state index in [1.807, 2.05) is 30.3 Å². The summed E-state index contributed by atoms with van der Waals surface area (Å²) in [5, 5.41) is 0. The van der Waals surface area contributed by atoms with Gasteiger partial charge in [0.1, 0.15) is 31.0 Å². The zero-order chi connectivity index (χ0) is 14.5. The monoisotopic (exact) mass is 283 g/mol. The second kappa shape index (κ2) is 6.04. The van der Waals surface area contributed by atoms with Crippen LogP contribution in [-0.2, 0) is 4.74 Å². The van der Waals surface area contributed by atoms with E-state index in [0.29, 0.717) is 12.3 Å². The average Bonchev–Trinajstić information content (AvgIpc) is 3.00. The predicted molar refractivity (Wildman–Crippen MR) is 75.3 cm³/mol. The molecule has 1 aromatic carbocycles. The van der Waals surface area contributed by atoms with Gasteiger partial charge < -0.3 is 9.47 Å². The molecule has 0 spiro atoms. The van der Waals surface area contributed by atoms with Crippen LogP contribution in [0.4, 0.5) is 4.79 Å². The molecule has 6 nitrogen and oxygen atoms in total. The molecule has 0 aromatic heterocycles. The minimum absolute atomic E-state index is 0.172. The normalized spacial score (nSPS) is 10.5. The van der Waals surface area contributed by atoms with Crippen LogP contribution in [0.5, 0.6) is 5.75 Å². The Balaban J connectivity index is 1.51. The molecule has 0 radical (unpaired) electrons. The molecule has 2 aliphatic rings. The molecule has 21 heavy (non-hydrogen) atoms. The maximum Gasteiger partial charge on any atom is 0.418 e. The van der Waals surface area contributed by atoms with Crippen LogP contribution >= 0.6 is 0 Å². The maximum atomic E-state index is 11.9. The summed E-state index contributed by atoms with van der Waals surface area (Å²) >= 11 is 0. The third-order valence-corrected chi connectivity index (χ3v) is 2.84. The van der Waals surface area contributed by atoms with Gasteiger partial charge in [-0.05, 0) is 18.2 Å². The fourth-order valence-corrected chi connectivity index (χ4v) is 1.83. The van der Waals surface area contributed by atoms with Crippen molar-refractivity contribution in [3.8, 4) is 17.1 Å². The smallest absolute Gasteiger partial charge is 0.418 e. The average molecular weight is 283 g/mol. The molecule has 1 aromatic rings. The largest absolute Gasteiger partial charge is 0.490 e. The van der Waals surface area contributed by atoms with E-state index in [1.165, 1.54) is 10.9 Å². The van der Waals surface area contributed by atoms with E-state index in [-0.39, 0.29) is 6.61 Å². The van der Waals surface area contributed by atoms with E-state index in [1.54, 1.807) is 18.5 Å². The van der Waals surface area contributed by atoms with Crippen LogP contribution in [0.25, 0.3) is 11.4 Å². The summed E-state index contributed by atoms with van der Waals surface area (Å²) in [7, 11) is 0.